The first-order valence-electron chi connectivity index (χ1n) is 8.30. The number of ether oxygens (including phenoxy) is 2. The van der Waals surface area contributed by atoms with Crippen molar-refractivity contribution in [1.82, 2.24) is 14.9 Å². The number of benzene rings is 1. The minimum atomic E-state index is -0.0664. The first-order chi connectivity index (χ1) is 11.6. The summed E-state index contributed by atoms with van der Waals surface area (Å²) in [7, 11) is 0. The second kappa shape index (κ2) is 7.38. The number of aromatic nitrogens is 2. The molecule has 1 aliphatic rings. The Labute approximate surface area is 141 Å². The fourth-order valence-electron chi connectivity index (χ4n) is 2.78. The van der Waals surface area contributed by atoms with Gasteiger partial charge in [-0.2, -0.15) is 0 Å². The lowest BCUT2D eigenvalue weighted by atomic mass is 10.1. The van der Waals surface area contributed by atoms with Gasteiger partial charge in [-0.1, -0.05) is 6.07 Å². The van der Waals surface area contributed by atoms with E-state index >= 15 is 0 Å². The van der Waals surface area contributed by atoms with Crippen LogP contribution in [-0.2, 0) is 11.3 Å². The maximum atomic E-state index is 12.1. The maximum Gasteiger partial charge on any atom is 0.220 e. The van der Waals surface area contributed by atoms with Crippen molar-refractivity contribution in [1.29, 1.82) is 0 Å². The molecule has 1 aromatic carbocycles. The average Bonchev–Trinajstić information content (AvgIpc) is 2.99. The van der Waals surface area contributed by atoms with E-state index in [-0.39, 0.29) is 11.9 Å². The van der Waals surface area contributed by atoms with Crippen LogP contribution in [0.4, 0.5) is 0 Å². The van der Waals surface area contributed by atoms with Crippen LogP contribution in [0.2, 0.25) is 0 Å². The number of imidazole rings is 1. The predicted octanol–water partition coefficient (Wildman–Crippen LogP) is 2.62. The summed E-state index contributed by atoms with van der Waals surface area (Å²) in [5.41, 5.74) is 1.01. The minimum Gasteiger partial charge on any atom is -0.486 e. The lowest BCUT2D eigenvalue weighted by molar-refractivity contribution is -0.121. The highest BCUT2D eigenvalue weighted by molar-refractivity contribution is 5.76. The van der Waals surface area contributed by atoms with E-state index in [0.717, 1.165) is 35.9 Å². The number of carbonyl (C=O) groups is 1. The Hall–Kier alpha value is -2.50. The molecule has 1 amide bonds. The predicted molar refractivity (Wildman–Crippen MR) is 90.2 cm³/mol. The first-order valence-corrected chi connectivity index (χ1v) is 8.30. The Morgan fingerprint density at radius 2 is 2.12 bits per heavy atom. The minimum absolute atomic E-state index is 0.0511. The smallest absolute Gasteiger partial charge is 0.220 e. The number of fused-ring (bicyclic) bond motifs is 1. The van der Waals surface area contributed by atoms with Gasteiger partial charge in [0, 0.05) is 25.4 Å². The number of nitrogens with zero attached hydrogens (tertiary/aromatic N) is 2. The van der Waals surface area contributed by atoms with Gasteiger partial charge in [-0.25, -0.2) is 4.98 Å². The Kier molecular flexibility index (Phi) is 5.03. The van der Waals surface area contributed by atoms with Gasteiger partial charge >= 0.3 is 0 Å². The van der Waals surface area contributed by atoms with Crippen LogP contribution in [0.3, 0.4) is 0 Å². The molecule has 0 saturated carbocycles. The molecule has 0 aliphatic carbocycles. The van der Waals surface area contributed by atoms with Crippen LogP contribution in [0.1, 0.15) is 37.2 Å². The molecule has 1 N–H and O–H groups in total. The van der Waals surface area contributed by atoms with Crippen molar-refractivity contribution in [3.63, 3.8) is 0 Å². The summed E-state index contributed by atoms with van der Waals surface area (Å²) in [6.07, 6.45) is 4.99. The Morgan fingerprint density at radius 3 is 2.88 bits per heavy atom. The van der Waals surface area contributed by atoms with Crippen molar-refractivity contribution < 1.29 is 14.3 Å². The molecule has 1 aromatic heterocycles. The molecular formula is C18H23N3O3. The number of nitrogens with one attached hydrogen (secondary N) is 1. The quantitative estimate of drug-likeness (QED) is 0.885. The van der Waals surface area contributed by atoms with Gasteiger partial charge < -0.3 is 19.4 Å². The van der Waals surface area contributed by atoms with E-state index in [0.29, 0.717) is 19.6 Å². The summed E-state index contributed by atoms with van der Waals surface area (Å²) in [4.78, 5) is 16.3. The van der Waals surface area contributed by atoms with Crippen LogP contribution in [0.25, 0.3) is 0 Å². The highest BCUT2D eigenvalue weighted by atomic mass is 16.6. The van der Waals surface area contributed by atoms with Crippen molar-refractivity contribution in [2.24, 2.45) is 0 Å². The van der Waals surface area contributed by atoms with Gasteiger partial charge in [0.1, 0.15) is 19.0 Å². The SMILES string of the molecule is Cc1nccn1CCCC(=O)N[C@H](C)c1ccc2c(c1)OCCO2. The zero-order valence-corrected chi connectivity index (χ0v) is 14.1. The monoisotopic (exact) mass is 329 g/mol. The molecule has 1 atom stereocenters. The number of rotatable bonds is 6. The molecule has 6 nitrogen and oxygen atoms in total. The lowest BCUT2D eigenvalue weighted by Crippen LogP contribution is -2.26. The molecule has 128 valence electrons. The molecule has 0 radical (unpaired) electrons. The molecule has 0 unspecified atom stereocenters. The Morgan fingerprint density at radius 1 is 1.33 bits per heavy atom. The largest absolute Gasteiger partial charge is 0.486 e. The average molecular weight is 329 g/mol. The Bertz CT molecular complexity index is 711. The number of hydrogen-bond donors (Lipinski definition) is 1. The van der Waals surface area contributed by atoms with Crippen LogP contribution in [0, 0.1) is 6.92 Å². The third kappa shape index (κ3) is 3.88. The van der Waals surface area contributed by atoms with Crippen LogP contribution in [-0.4, -0.2) is 28.7 Å². The van der Waals surface area contributed by atoms with Crippen molar-refractivity contribution in [3.05, 3.63) is 42.0 Å². The van der Waals surface area contributed by atoms with E-state index in [4.69, 9.17) is 9.47 Å². The van der Waals surface area contributed by atoms with E-state index in [2.05, 4.69) is 14.9 Å². The summed E-state index contributed by atoms with van der Waals surface area (Å²) in [5.74, 6) is 2.53. The first kappa shape index (κ1) is 16.4. The molecule has 0 spiro atoms. The number of carbonyl (C=O) groups excluding carboxylic acids is 1. The summed E-state index contributed by atoms with van der Waals surface area (Å²) < 4.78 is 13.2. The van der Waals surface area contributed by atoms with E-state index < -0.39 is 0 Å². The summed E-state index contributed by atoms with van der Waals surface area (Å²) in [6, 6.07) is 5.74. The molecule has 24 heavy (non-hydrogen) atoms. The van der Waals surface area contributed by atoms with E-state index in [1.165, 1.54) is 0 Å². The zero-order valence-electron chi connectivity index (χ0n) is 14.1. The van der Waals surface area contributed by atoms with E-state index in [1.807, 2.05) is 38.2 Å². The second-order valence-corrected chi connectivity index (χ2v) is 5.96. The number of amides is 1. The van der Waals surface area contributed by atoms with Gasteiger partial charge in [0.15, 0.2) is 11.5 Å². The summed E-state index contributed by atoms with van der Waals surface area (Å²) in [5, 5.41) is 3.04. The van der Waals surface area contributed by atoms with Crippen LogP contribution in [0.5, 0.6) is 11.5 Å². The van der Waals surface area contributed by atoms with Gasteiger partial charge in [-0.15, -0.1) is 0 Å². The third-order valence-electron chi connectivity index (χ3n) is 4.17. The molecule has 3 rings (SSSR count). The summed E-state index contributed by atoms with van der Waals surface area (Å²) >= 11 is 0. The van der Waals surface area contributed by atoms with Crippen molar-refractivity contribution in [3.8, 4) is 11.5 Å². The third-order valence-corrected chi connectivity index (χ3v) is 4.17. The molecule has 1 aliphatic heterocycles. The lowest BCUT2D eigenvalue weighted by Gasteiger charge is -2.21. The molecule has 6 heteroatoms. The molecule has 2 aromatic rings. The van der Waals surface area contributed by atoms with E-state index in [1.54, 1.807) is 6.20 Å². The second-order valence-electron chi connectivity index (χ2n) is 5.96. The molecular weight excluding hydrogens is 306 g/mol. The maximum absolute atomic E-state index is 12.1. The van der Waals surface area contributed by atoms with Gasteiger partial charge in [-0.05, 0) is 38.0 Å². The fourth-order valence-corrected chi connectivity index (χ4v) is 2.78. The van der Waals surface area contributed by atoms with Crippen molar-refractivity contribution in [2.75, 3.05) is 13.2 Å². The highest BCUT2D eigenvalue weighted by Crippen LogP contribution is 2.32. The van der Waals surface area contributed by atoms with Crippen LogP contribution >= 0.6 is 0 Å². The number of hydrogen-bond acceptors (Lipinski definition) is 4. The molecule has 0 saturated heterocycles. The van der Waals surface area contributed by atoms with E-state index in [9.17, 15) is 4.79 Å². The Balaban J connectivity index is 1.49. The number of aryl methyl sites for hydroxylation is 2. The highest BCUT2D eigenvalue weighted by Gasteiger charge is 2.15. The van der Waals surface area contributed by atoms with Crippen LogP contribution < -0.4 is 14.8 Å². The molecule has 0 bridgehead atoms. The van der Waals surface area contributed by atoms with Gasteiger partial charge in [0.25, 0.3) is 0 Å². The topological polar surface area (TPSA) is 65.4 Å². The normalized spacial score (nSPS) is 14.2. The zero-order chi connectivity index (χ0) is 16.9. The van der Waals surface area contributed by atoms with Gasteiger partial charge in [0.05, 0.1) is 6.04 Å². The van der Waals surface area contributed by atoms with Gasteiger partial charge in [0.2, 0.25) is 5.91 Å². The molecule has 2 heterocycles. The summed E-state index contributed by atoms with van der Waals surface area (Å²) in [6.45, 7) is 5.88. The van der Waals surface area contributed by atoms with Crippen molar-refractivity contribution in [2.45, 2.75) is 39.3 Å². The van der Waals surface area contributed by atoms with Crippen molar-refractivity contribution >= 4 is 5.91 Å². The molecule has 0 fully saturated rings. The fraction of sp³-hybridized carbons (Fsp3) is 0.444. The standard InChI is InChI=1S/C18H23N3O3/c1-13(15-5-6-16-17(12-15)24-11-10-23-16)20-18(22)4-3-8-21-9-7-19-14(21)2/h5-7,9,12-13H,3-4,8,10-11H2,1-2H3,(H,20,22)/t13-/m1/s1. The van der Waals surface area contributed by atoms with Crippen LogP contribution in [0.15, 0.2) is 30.6 Å². The van der Waals surface area contributed by atoms with Gasteiger partial charge in [-0.3, -0.25) is 4.79 Å².